The van der Waals surface area contributed by atoms with Gasteiger partial charge in [0.15, 0.2) is 6.61 Å². The first-order chi connectivity index (χ1) is 12.6. The van der Waals surface area contributed by atoms with Crippen LogP contribution in [-0.4, -0.2) is 28.9 Å². The Hall–Kier alpha value is -2.40. The molecule has 1 unspecified atom stereocenters. The van der Waals surface area contributed by atoms with Crippen molar-refractivity contribution in [3.05, 3.63) is 58.6 Å². The van der Waals surface area contributed by atoms with Gasteiger partial charge in [0.1, 0.15) is 10.8 Å². The summed E-state index contributed by atoms with van der Waals surface area (Å²) in [4.78, 5) is 19.5. The number of thiazole rings is 1. The second-order valence-corrected chi connectivity index (χ2v) is 7.84. The SMILES string of the molecule is Cc1cccc(C)c1OCC(=O)N1CCCC1c1nc2ccccc2s1. The van der Waals surface area contributed by atoms with Crippen molar-refractivity contribution < 1.29 is 9.53 Å². The van der Waals surface area contributed by atoms with E-state index in [9.17, 15) is 4.79 Å². The molecule has 0 N–H and O–H groups in total. The van der Waals surface area contributed by atoms with Crippen LogP contribution in [0.3, 0.4) is 0 Å². The summed E-state index contributed by atoms with van der Waals surface area (Å²) in [6.45, 7) is 4.86. The number of carbonyl (C=O) groups is 1. The molecule has 1 aliphatic heterocycles. The minimum atomic E-state index is 0.0365. The van der Waals surface area contributed by atoms with Crippen LogP contribution in [0.2, 0.25) is 0 Å². The molecule has 1 atom stereocenters. The van der Waals surface area contributed by atoms with E-state index in [0.717, 1.165) is 46.8 Å². The molecule has 1 amide bonds. The number of hydrogen-bond donors (Lipinski definition) is 0. The average Bonchev–Trinajstić information content (AvgIpc) is 3.27. The van der Waals surface area contributed by atoms with Gasteiger partial charge in [0.2, 0.25) is 0 Å². The van der Waals surface area contributed by atoms with Crippen LogP contribution in [0, 0.1) is 13.8 Å². The maximum atomic E-state index is 12.8. The van der Waals surface area contributed by atoms with E-state index in [-0.39, 0.29) is 18.6 Å². The third-order valence-corrected chi connectivity index (χ3v) is 6.06. The van der Waals surface area contributed by atoms with Crippen LogP contribution in [0.25, 0.3) is 10.2 Å². The second kappa shape index (κ2) is 7.08. The number of nitrogens with zero attached hydrogens (tertiary/aromatic N) is 2. The number of fused-ring (bicyclic) bond motifs is 1. The standard InChI is InChI=1S/C21H22N2O2S/c1-14-7-5-8-15(2)20(14)25-13-19(24)23-12-6-10-17(23)21-22-16-9-3-4-11-18(16)26-21/h3-5,7-9,11,17H,6,10,12-13H2,1-2H3. The number of rotatable bonds is 4. The number of hydrogen-bond acceptors (Lipinski definition) is 4. The molecule has 0 spiro atoms. The van der Waals surface area contributed by atoms with Crippen molar-refractivity contribution in [2.45, 2.75) is 32.7 Å². The Balaban J connectivity index is 1.50. The summed E-state index contributed by atoms with van der Waals surface area (Å²) < 4.78 is 7.05. The molecule has 1 saturated heterocycles. The third kappa shape index (κ3) is 3.19. The number of ether oxygens (including phenoxy) is 1. The number of amides is 1. The van der Waals surface area contributed by atoms with Gasteiger partial charge in [0.25, 0.3) is 5.91 Å². The largest absolute Gasteiger partial charge is 0.483 e. The number of aryl methyl sites for hydroxylation is 2. The molecule has 5 heteroatoms. The molecular weight excluding hydrogens is 344 g/mol. The zero-order valence-corrected chi connectivity index (χ0v) is 15.9. The molecule has 4 rings (SSSR count). The molecule has 2 heterocycles. The molecule has 0 radical (unpaired) electrons. The van der Waals surface area contributed by atoms with Crippen molar-refractivity contribution in [2.75, 3.05) is 13.2 Å². The zero-order chi connectivity index (χ0) is 18.1. The van der Waals surface area contributed by atoms with Crippen molar-refractivity contribution in [3.63, 3.8) is 0 Å². The minimum Gasteiger partial charge on any atom is -0.483 e. The number of aromatic nitrogens is 1. The average molecular weight is 366 g/mol. The third-order valence-electron chi connectivity index (χ3n) is 4.92. The molecule has 1 fully saturated rings. The Bertz CT molecular complexity index is 897. The first-order valence-corrected chi connectivity index (χ1v) is 9.79. The topological polar surface area (TPSA) is 42.4 Å². The lowest BCUT2D eigenvalue weighted by atomic mass is 10.1. The van der Waals surface area contributed by atoms with Gasteiger partial charge >= 0.3 is 0 Å². The second-order valence-electron chi connectivity index (χ2n) is 6.77. The Morgan fingerprint density at radius 1 is 1.19 bits per heavy atom. The van der Waals surface area contributed by atoms with E-state index in [1.165, 1.54) is 4.70 Å². The molecule has 0 aliphatic carbocycles. The van der Waals surface area contributed by atoms with E-state index in [4.69, 9.17) is 9.72 Å². The van der Waals surface area contributed by atoms with E-state index in [2.05, 4.69) is 6.07 Å². The highest BCUT2D eigenvalue weighted by Gasteiger charge is 2.32. The highest BCUT2D eigenvalue weighted by atomic mass is 32.1. The van der Waals surface area contributed by atoms with Gasteiger partial charge in [-0.1, -0.05) is 30.3 Å². The summed E-state index contributed by atoms with van der Waals surface area (Å²) in [5.74, 6) is 0.853. The van der Waals surface area contributed by atoms with Gasteiger partial charge in [-0.15, -0.1) is 11.3 Å². The smallest absolute Gasteiger partial charge is 0.261 e. The lowest BCUT2D eigenvalue weighted by molar-refractivity contribution is -0.134. The number of likely N-dealkylation sites (tertiary alicyclic amines) is 1. The lowest BCUT2D eigenvalue weighted by Gasteiger charge is -2.23. The molecule has 0 bridgehead atoms. The quantitative estimate of drug-likeness (QED) is 0.675. The van der Waals surface area contributed by atoms with Crippen molar-refractivity contribution in [1.29, 1.82) is 0 Å². The van der Waals surface area contributed by atoms with E-state index in [1.54, 1.807) is 11.3 Å². The monoisotopic (exact) mass is 366 g/mol. The zero-order valence-electron chi connectivity index (χ0n) is 15.1. The summed E-state index contributed by atoms with van der Waals surface area (Å²) in [5.41, 5.74) is 3.13. The summed E-state index contributed by atoms with van der Waals surface area (Å²) in [6.07, 6.45) is 1.98. The molecule has 1 aliphatic rings. The van der Waals surface area contributed by atoms with E-state index >= 15 is 0 Å². The molecule has 134 valence electrons. The summed E-state index contributed by atoms with van der Waals surface area (Å²) in [6, 6.07) is 14.2. The van der Waals surface area contributed by atoms with Crippen LogP contribution in [0.1, 0.15) is 35.0 Å². The first kappa shape index (κ1) is 17.0. The molecule has 3 aromatic rings. The highest BCUT2D eigenvalue weighted by Crippen LogP contribution is 2.36. The van der Waals surface area contributed by atoms with Crippen LogP contribution >= 0.6 is 11.3 Å². The predicted octanol–water partition coefficient (Wildman–Crippen LogP) is 4.66. The van der Waals surface area contributed by atoms with E-state index < -0.39 is 0 Å². The molecule has 26 heavy (non-hydrogen) atoms. The molecule has 1 aromatic heterocycles. The van der Waals surface area contributed by atoms with Gasteiger partial charge in [-0.05, 0) is 49.9 Å². The Morgan fingerprint density at radius 2 is 1.96 bits per heavy atom. The Labute approximate surface area is 157 Å². The van der Waals surface area contributed by atoms with Crippen LogP contribution < -0.4 is 4.74 Å². The molecule has 4 nitrogen and oxygen atoms in total. The van der Waals surface area contributed by atoms with E-state index in [0.29, 0.717) is 0 Å². The fourth-order valence-electron chi connectivity index (χ4n) is 3.60. The van der Waals surface area contributed by atoms with Gasteiger partial charge in [-0.25, -0.2) is 4.98 Å². The van der Waals surface area contributed by atoms with Gasteiger partial charge < -0.3 is 9.64 Å². The number of para-hydroxylation sites is 2. The fourth-order valence-corrected chi connectivity index (χ4v) is 4.71. The van der Waals surface area contributed by atoms with Crippen LogP contribution in [0.15, 0.2) is 42.5 Å². The normalized spacial score (nSPS) is 17.0. The molecule has 0 saturated carbocycles. The molecule has 2 aromatic carbocycles. The lowest BCUT2D eigenvalue weighted by Crippen LogP contribution is -2.34. The summed E-state index contributed by atoms with van der Waals surface area (Å²) in [5, 5.41) is 1.03. The van der Waals surface area contributed by atoms with Gasteiger partial charge in [0, 0.05) is 6.54 Å². The van der Waals surface area contributed by atoms with Crippen LogP contribution in [0.4, 0.5) is 0 Å². The minimum absolute atomic E-state index is 0.0365. The van der Waals surface area contributed by atoms with Gasteiger partial charge in [-0.2, -0.15) is 0 Å². The maximum absolute atomic E-state index is 12.8. The molecular formula is C21H22N2O2S. The highest BCUT2D eigenvalue weighted by molar-refractivity contribution is 7.18. The van der Waals surface area contributed by atoms with Crippen LogP contribution in [-0.2, 0) is 4.79 Å². The van der Waals surface area contributed by atoms with Gasteiger partial charge in [-0.3, -0.25) is 4.79 Å². The predicted molar refractivity (Wildman–Crippen MR) is 105 cm³/mol. The maximum Gasteiger partial charge on any atom is 0.261 e. The van der Waals surface area contributed by atoms with Gasteiger partial charge in [0.05, 0.1) is 16.3 Å². The van der Waals surface area contributed by atoms with Crippen LogP contribution in [0.5, 0.6) is 5.75 Å². The van der Waals surface area contributed by atoms with Crippen molar-refractivity contribution in [2.24, 2.45) is 0 Å². The van der Waals surface area contributed by atoms with Crippen molar-refractivity contribution >= 4 is 27.5 Å². The van der Waals surface area contributed by atoms with Crippen molar-refractivity contribution in [1.82, 2.24) is 9.88 Å². The summed E-state index contributed by atoms with van der Waals surface area (Å²) in [7, 11) is 0. The Kier molecular flexibility index (Phi) is 4.64. The Morgan fingerprint density at radius 3 is 2.73 bits per heavy atom. The van der Waals surface area contributed by atoms with E-state index in [1.807, 2.05) is 55.1 Å². The van der Waals surface area contributed by atoms with Crippen molar-refractivity contribution in [3.8, 4) is 5.75 Å². The number of benzene rings is 2. The first-order valence-electron chi connectivity index (χ1n) is 8.97. The summed E-state index contributed by atoms with van der Waals surface area (Å²) >= 11 is 1.69. The fraction of sp³-hybridized carbons (Fsp3) is 0.333. The number of carbonyl (C=O) groups excluding carboxylic acids is 1.